The number of amides is 1. The number of carbonyl (C=O) groups excluding carboxylic acids is 1. The van der Waals surface area contributed by atoms with E-state index in [4.69, 9.17) is 0 Å². The van der Waals surface area contributed by atoms with E-state index in [9.17, 15) is 13.2 Å². The lowest BCUT2D eigenvalue weighted by atomic mass is 9.96. The van der Waals surface area contributed by atoms with Gasteiger partial charge in [0.2, 0.25) is 0 Å². The first-order valence-electron chi connectivity index (χ1n) is 7.84. The second kappa shape index (κ2) is 9.25. The van der Waals surface area contributed by atoms with Gasteiger partial charge in [-0.25, -0.2) is 8.42 Å². The maximum absolute atomic E-state index is 12.0. The molecule has 1 aliphatic rings. The second-order valence-corrected chi connectivity index (χ2v) is 7.96. The Kier molecular flexibility index (Phi) is 8.02. The Bertz CT molecular complexity index is 596. The third kappa shape index (κ3) is 5.79. The zero-order chi connectivity index (χ0) is 16.0. The Balaban J connectivity index is 0.00000264. The van der Waals surface area contributed by atoms with E-state index in [-0.39, 0.29) is 29.0 Å². The van der Waals surface area contributed by atoms with E-state index >= 15 is 0 Å². The topological polar surface area (TPSA) is 75.3 Å². The zero-order valence-electron chi connectivity index (χ0n) is 13.4. The minimum Gasteiger partial charge on any atom is -0.352 e. The van der Waals surface area contributed by atoms with Crippen molar-refractivity contribution in [1.82, 2.24) is 10.6 Å². The SMILES string of the molecule is CCS(=O)(=O)c1ccc(C(=O)NCCC2CCCNC2)cc1.Cl. The molecule has 1 aromatic rings. The fourth-order valence-corrected chi connectivity index (χ4v) is 3.53. The summed E-state index contributed by atoms with van der Waals surface area (Å²) in [6, 6.07) is 6.14. The van der Waals surface area contributed by atoms with Gasteiger partial charge in [0, 0.05) is 12.1 Å². The first kappa shape index (κ1) is 19.9. The van der Waals surface area contributed by atoms with E-state index in [2.05, 4.69) is 10.6 Å². The average Bonchev–Trinajstić information content (AvgIpc) is 2.56. The van der Waals surface area contributed by atoms with Crippen molar-refractivity contribution < 1.29 is 13.2 Å². The van der Waals surface area contributed by atoms with Crippen LogP contribution in [0.5, 0.6) is 0 Å². The number of nitrogens with one attached hydrogen (secondary N) is 2. The van der Waals surface area contributed by atoms with E-state index < -0.39 is 9.84 Å². The highest BCUT2D eigenvalue weighted by molar-refractivity contribution is 7.91. The highest BCUT2D eigenvalue weighted by atomic mass is 35.5. The van der Waals surface area contributed by atoms with E-state index in [1.807, 2.05) is 0 Å². The highest BCUT2D eigenvalue weighted by Crippen LogP contribution is 2.14. The predicted molar refractivity (Wildman–Crippen MR) is 94.0 cm³/mol. The van der Waals surface area contributed by atoms with E-state index in [1.165, 1.54) is 25.0 Å². The van der Waals surface area contributed by atoms with Crippen molar-refractivity contribution in [1.29, 1.82) is 0 Å². The van der Waals surface area contributed by atoms with Gasteiger partial charge in [0.1, 0.15) is 0 Å². The maximum atomic E-state index is 12.0. The van der Waals surface area contributed by atoms with E-state index in [0.717, 1.165) is 19.5 Å². The average molecular weight is 361 g/mol. The summed E-state index contributed by atoms with van der Waals surface area (Å²) in [5.74, 6) is 0.545. The van der Waals surface area contributed by atoms with Gasteiger partial charge in [0.05, 0.1) is 10.6 Å². The fourth-order valence-electron chi connectivity index (χ4n) is 2.64. The molecule has 5 nitrogen and oxygen atoms in total. The third-order valence-electron chi connectivity index (χ3n) is 4.09. The highest BCUT2D eigenvalue weighted by Gasteiger charge is 2.14. The van der Waals surface area contributed by atoms with Gasteiger partial charge in [-0.15, -0.1) is 12.4 Å². The lowest BCUT2D eigenvalue weighted by molar-refractivity contribution is 0.0950. The molecule has 1 saturated heterocycles. The van der Waals surface area contributed by atoms with Crippen molar-refractivity contribution in [2.45, 2.75) is 31.1 Å². The number of benzene rings is 1. The number of carbonyl (C=O) groups is 1. The summed E-state index contributed by atoms with van der Waals surface area (Å²) in [6.45, 7) is 4.38. The molecule has 0 saturated carbocycles. The summed E-state index contributed by atoms with van der Waals surface area (Å²) in [5.41, 5.74) is 0.497. The summed E-state index contributed by atoms with van der Waals surface area (Å²) in [5, 5.41) is 6.26. The molecule has 0 aromatic heterocycles. The summed E-state index contributed by atoms with van der Waals surface area (Å²) in [7, 11) is -3.21. The lowest BCUT2D eigenvalue weighted by Crippen LogP contribution is -2.33. The molecule has 1 fully saturated rings. The van der Waals surface area contributed by atoms with Crippen LogP contribution in [0.3, 0.4) is 0 Å². The van der Waals surface area contributed by atoms with Gasteiger partial charge in [-0.3, -0.25) is 4.79 Å². The maximum Gasteiger partial charge on any atom is 0.251 e. The van der Waals surface area contributed by atoms with E-state index in [0.29, 0.717) is 18.0 Å². The molecule has 1 aromatic carbocycles. The van der Waals surface area contributed by atoms with Crippen LogP contribution in [0, 0.1) is 5.92 Å². The van der Waals surface area contributed by atoms with Gasteiger partial charge >= 0.3 is 0 Å². The van der Waals surface area contributed by atoms with Crippen molar-refractivity contribution in [2.75, 3.05) is 25.4 Å². The standard InChI is InChI=1S/C16H24N2O3S.ClH/c1-2-22(20,21)15-7-5-14(6-8-15)16(19)18-11-9-13-4-3-10-17-12-13;/h5-8,13,17H,2-4,9-12H2,1H3,(H,18,19);1H. The number of rotatable bonds is 6. The molecule has 1 atom stereocenters. The number of halogens is 1. The molecule has 7 heteroatoms. The minimum atomic E-state index is -3.21. The molecule has 1 amide bonds. The monoisotopic (exact) mass is 360 g/mol. The molecular weight excluding hydrogens is 336 g/mol. The Hall–Kier alpha value is -1.11. The molecule has 0 spiro atoms. The van der Waals surface area contributed by atoms with Crippen molar-refractivity contribution in [3.05, 3.63) is 29.8 Å². The molecule has 2 rings (SSSR count). The van der Waals surface area contributed by atoms with Crippen LogP contribution in [0.15, 0.2) is 29.2 Å². The van der Waals surface area contributed by atoms with Gasteiger partial charge in [0.15, 0.2) is 9.84 Å². The van der Waals surface area contributed by atoms with Crippen LogP contribution in [0.2, 0.25) is 0 Å². The van der Waals surface area contributed by atoms with E-state index in [1.54, 1.807) is 19.1 Å². The molecule has 0 bridgehead atoms. The van der Waals surface area contributed by atoms with Crippen LogP contribution in [-0.2, 0) is 9.84 Å². The first-order valence-corrected chi connectivity index (χ1v) is 9.50. The van der Waals surface area contributed by atoms with Crippen LogP contribution < -0.4 is 10.6 Å². The summed E-state index contributed by atoms with van der Waals surface area (Å²) in [6.07, 6.45) is 3.39. The van der Waals surface area contributed by atoms with Crippen molar-refractivity contribution in [2.24, 2.45) is 5.92 Å². The first-order chi connectivity index (χ1) is 10.5. The minimum absolute atomic E-state index is 0. The van der Waals surface area contributed by atoms with Crippen molar-refractivity contribution in [3.8, 4) is 0 Å². The van der Waals surface area contributed by atoms with Gasteiger partial charge < -0.3 is 10.6 Å². The van der Waals surface area contributed by atoms with Crippen LogP contribution in [0.1, 0.15) is 36.5 Å². The second-order valence-electron chi connectivity index (χ2n) is 5.68. The predicted octanol–water partition coefficient (Wildman–Crippen LogP) is 2.02. The number of hydrogen-bond donors (Lipinski definition) is 2. The smallest absolute Gasteiger partial charge is 0.251 e. The lowest BCUT2D eigenvalue weighted by Gasteiger charge is -2.22. The molecule has 1 aliphatic heterocycles. The number of sulfone groups is 1. The quantitative estimate of drug-likeness (QED) is 0.813. The summed E-state index contributed by atoms with van der Waals surface area (Å²) >= 11 is 0. The third-order valence-corrected chi connectivity index (χ3v) is 5.84. The Morgan fingerprint density at radius 1 is 1.30 bits per heavy atom. The molecule has 0 aliphatic carbocycles. The molecular formula is C16H25ClN2O3S. The van der Waals surface area contributed by atoms with Crippen LogP contribution in [0.25, 0.3) is 0 Å². The zero-order valence-corrected chi connectivity index (χ0v) is 15.0. The van der Waals surface area contributed by atoms with Gasteiger partial charge in [-0.1, -0.05) is 6.92 Å². The van der Waals surface area contributed by atoms with Gasteiger partial charge in [0.25, 0.3) is 5.91 Å². The summed E-state index contributed by atoms with van der Waals surface area (Å²) < 4.78 is 23.4. The van der Waals surface area contributed by atoms with Crippen LogP contribution in [0.4, 0.5) is 0 Å². The molecule has 0 radical (unpaired) electrons. The van der Waals surface area contributed by atoms with Gasteiger partial charge in [-0.2, -0.15) is 0 Å². The largest absolute Gasteiger partial charge is 0.352 e. The van der Waals surface area contributed by atoms with Crippen LogP contribution in [-0.4, -0.2) is 39.7 Å². The summed E-state index contributed by atoms with van der Waals surface area (Å²) in [4.78, 5) is 12.3. The molecule has 2 N–H and O–H groups in total. The number of hydrogen-bond acceptors (Lipinski definition) is 4. The Labute approximate surface area is 144 Å². The molecule has 130 valence electrons. The Morgan fingerprint density at radius 2 is 2.00 bits per heavy atom. The normalized spacial score (nSPS) is 18.0. The number of piperidine rings is 1. The van der Waals surface area contributed by atoms with Crippen molar-refractivity contribution in [3.63, 3.8) is 0 Å². The fraction of sp³-hybridized carbons (Fsp3) is 0.562. The molecule has 23 heavy (non-hydrogen) atoms. The molecule has 1 heterocycles. The van der Waals surface area contributed by atoms with Crippen LogP contribution >= 0.6 is 12.4 Å². The van der Waals surface area contributed by atoms with Crippen molar-refractivity contribution >= 4 is 28.2 Å². The molecule has 1 unspecified atom stereocenters. The van der Waals surface area contributed by atoms with Gasteiger partial charge in [-0.05, 0) is 62.5 Å². The Morgan fingerprint density at radius 3 is 2.57 bits per heavy atom.